The lowest BCUT2D eigenvalue weighted by Crippen LogP contribution is -2.45. The van der Waals surface area contributed by atoms with Crippen LogP contribution in [0.3, 0.4) is 0 Å². The van der Waals surface area contributed by atoms with E-state index in [1.165, 1.54) is 18.9 Å². The van der Waals surface area contributed by atoms with Crippen LogP contribution < -0.4 is 15.5 Å². The summed E-state index contributed by atoms with van der Waals surface area (Å²) in [6.45, 7) is 18.3. The van der Waals surface area contributed by atoms with Crippen LogP contribution in [0.1, 0.15) is 86.1 Å². The molecule has 2 rings (SSSR count). The van der Waals surface area contributed by atoms with Gasteiger partial charge in [0.1, 0.15) is 16.4 Å². The van der Waals surface area contributed by atoms with Crippen molar-refractivity contribution < 1.29 is 27.5 Å². The number of benzene rings is 1. The van der Waals surface area contributed by atoms with Gasteiger partial charge in [-0.2, -0.15) is 0 Å². The van der Waals surface area contributed by atoms with Crippen molar-refractivity contribution in [1.29, 1.82) is 0 Å². The number of carbonyl (C=O) groups excluding carboxylic acids is 3. The first kappa shape index (κ1) is 44.7. The Morgan fingerprint density at radius 2 is 1.67 bits per heavy atom. The van der Waals surface area contributed by atoms with Gasteiger partial charge in [-0.25, -0.2) is 13.2 Å². The van der Waals surface area contributed by atoms with E-state index < -0.39 is 15.9 Å². The number of nitrogens with zero attached hydrogens (tertiary/aromatic N) is 1. The highest BCUT2D eigenvalue weighted by Gasteiger charge is 2.28. The Labute approximate surface area is 279 Å². The SMILES string of the molecule is C=C/C=C\C/C=C\CCC[C@H](NC(=O)CNC(=O)OC)C(C)CC(=O)N1CCc2ccccc21.CC.CC(C)C.CCS(C)(=O)=O. The molecule has 1 heterocycles. The number of amides is 3. The fraction of sp³-hybridized carbons (Fsp3) is 0.583. The molecule has 1 unspecified atom stereocenters. The maximum atomic E-state index is 13.1. The first-order chi connectivity index (χ1) is 21.7. The topological polar surface area (TPSA) is 122 Å². The summed E-state index contributed by atoms with van der Waals surface area (Å²) in [4.78, 5) is 38.6. The first-order valence-electron chi connectivity index (χ1n) is 16.3. The molecule has 0 spiro atoms. The molecule has 1 aromatic rings. The van der Waals surface area contributed by atoms with Gasteiger partial charge in [-0.1, -0.05) is 104 Å². The summed E-state index contributed by atoms with van der Waals surface area (Å²) in [5.41, 5.74) is 2.18. The van der Waals surface area contributed by atoms with Crippen LogP contribution in [-0.2, 0) is 30.6 Å². The Morgan fingerprint density at radius 1 is 1.07 bits per heavy atom. The monoisotopic (exact) mass is 663 g/mol. The molecule has 3 amide bonds. The van der Waals surface area contributed by atoms with E-state index in [9.17, 15) is 22.8 Å². The summed E-state index contributed by atoms with van der Waals surface area (Å²) in [6, 6.07) is 7.81. The van der Waals surface area contributed by atoms with E-state index in [1.807, 2.05) is 56.0 Å². The zero-order valence-electron chi connectivity index (χ0n) is 29.8. The number of para-hydroxylation sites is 1. The van der Waals surface area contributed by atoms with Gasteiger partial charge in [0, 0.05) is 36.7 Å². The van der Waals surface area contributed by atoms with Crippen LogP contribution in [-0.4, -0.2) is 64.6 Å². The van der Waals surface area contributed by atoms with Crippen molar-refractivity contribution >= 4 is 33.4 Å². The first-order valence-corrected chi connectivity index (χ1v) is 18.4. The fourth-order valence-electron chi connectivity index (χ4n) is 4.03. The summed E-state index contributed by atoms with van der Waals surface area (Å²) >= 11 is 0. The molecule has 0 aliphatic carbocycles. The molecule has 0 saturated heterocycles. The molecular weight excluding hydrogens is 602 g/mol. The second-order valence-corrected chi connectivity index (χ2v) is 13.8. The van der Waals surface area contributed by atoms with Gasteiger partial charge < -0.3 is 20.3 Å². The van der Waals surface area contributed by atoms with Gasteiger partial charge >= 0.3 is 6.09 Å². The summed E-state index contributed by atoms with van der Waals surface area (Å²) in [6.07, 6.45) is 15.0. The molecule has 1 aromatic carbocycles. The second kappa shape index (κ2) is 26.8. The van der Waals surface area contributed by atoms with Crippen molar-refractivity contribution in [2.24, 2.45) is 11.8 Å². The zero-order valence-corrected chi connectivity index (χ0v) is 30.6. The van der Waals surface area contributed by atoms with E-state index in [4.69, 9.17) is 0 Å². The number of fused-ring (bicyclic) bond motifs is 1. The van der Waals surface area contributed by atoms with Crippen LogP contribution in [0.5, 0.6) is 0 Å². The third-order valence-corrected chi connectivity index (χ3v) is 7.47. The number of hydrogen-bond donors (Lipinski definition) is 2. The van der Waals surface area contributed by atoms with Crippen molar-refractivity contribution in [3.8, 4) is 0 Å². The molecule has 0 saturated carbocycles. The number of methoxy groups -OCH3 is 1. The Hall–Kier alpha value is -3.40. The van der Waals surface area contributed by atoms with E-state index >= 15 is 0 Å². The van der Waals surface area contributed by atoms with E-state index in [0.717, 1.165) is 43.7 Å². The van der Waals surface area contributed by atoms with E-state index in [2.05, 4.69) is 60.9 Å². The number of sulfone groups is 1. The van der Waals surface area contributed by atoms with Crippen molar-refractivity contribution in [2.45, 2.75) is 93.0 Å². The summed E-state index contributed by atoms with van der Waals surface area (Å²) < 4.78 is 24.5. The number of unbranched alkanes of at least 4 members (excludes halogenated alkanes) is 1. The average Bonchev–Trinajstić information content (AvgIpc) is 3.45. The van der Waals surface area contributed by atoms with E-state index in [0.29, 0.717) is 13.0 Å². The fourth-order valence-corrected chi connectivity index (χ4v) is 4.03. The highest BCUT2D eigenvalue weighted by Crippen LogP contribution is 2.29. The molecule has 0 bridgehead atoms. The maximum Gasteiger partial charge on any atom is 0.407 e. The van der Waals surface area contributed by atoms with Crippen LogP contribution in [0.2, 0.25) is 0 Å². The van der Waals surface area contributed by atoms with Gasteiger partial charge in [-0.05, 0) is 55.6 Å². The predicted octanol–water partition coefficient (Wildman–Crippen LogP) is 7.04. The Morgan fingerprint density at radius 3 is 2.24 bits per heavy atom. The van der Waals surface area contributed by atoms with Gasteiger partial charge in [-0.3, -0.25) is 9.59 Å². The molecule has 0 radical (unpaired) electrons. The number of rotatable bonds is 14. The third kappa shape index (κ3) is 23.0. The minimum absolute atomic E-state index is 0.0538. The molecule has 0 aromatic heterocycles. The lowest BCUT2D eigenvalue weighted by Gasteiger charge is -2.27. The van der Waals surface area contributed by atoms with Crippen molar-refractivity contribution in [2.75, 3.05) is 37.1 Å². The van der Waals surface area contributed by atoms with Crippen LogP contribution in [0, 0.1) is 11.8 Å². The predicted molar refractivity (Wildman–Crippen MR) is 193 cm³/mol. The molecule has 2 N–H and O–H groups in total. The zero-order chi connectivity index (χ0) is 35.5. The summed E-state index contributed by atoms with van der Waals surface area (Å²) in [5, 5.41) is 5.40. The molecule has 0 fully saturated rings. The molecule has 1 aliphatic heterocycles. The van der Waals surface area contributed by atoms with Crippen LogP contribution >= 0.6 is 0 Å². The number of ether oxygens (including phenoxy) is 1. The van der Waals surface area contributed by atoms with E-state index in [1.54, 1.807) is 13.0 Å². The lowest BCUT2D eigenvalue weighted by atomic mass is 9.92. The number of allylic oxidation sites excluding steroid dienone is 5. The smallest absolute Gasteiger partial charge is 0.407 e. The van der Waals surface area contributed by atoms with Gasteiger partial charge in [-0.15, -0.1) is 0 Å². The van der Waals surface area contributed by atoms with Crippen molar-refractivity contribution in [3.63, 3.8) is 0 Å². The summed E-state index contributed by atoms with van der Waals surface area (Å²) in [7, 11) is -1.41. The molecular formula is C36H61N3O6S. The Kier molecular flexibility index (Phi) is 26.0. The van der Waals surface area contributed by atoms with E-state index in [-0.39, 0.29) is 36.1 Å². The third-order valence-electron chi connectivity index (χ3n) is 6.42. The van der Waals surface area contributed by atoms with Crippen molar-refractivity contribution in [1.82, 2.24) is 10.6 Å². The number of carbonyl (C=O) groups is 3. The minimum atomic E-state index is -2.66. The molecule has 262 valence electrons. The van der Waals surface area contributed by atoms with Crippen LogP contribution in [0.25, 0.3) is 0 Å². The minimum Gasteiger partial charge on any atom is -0.453 e. The van der Waals surface area contributed by atoms with Gasteiger partial charge in [0.15, 0.2) is 0 Å². The number of alkyl carbamates (subject to hydrolysis) is 1. The average molecular weight is 664 g/mol. The molecule has 2 atom stereocenters. The largest absolute Gasteiger partial charge is 0.453 e. The molecule has 10 heteroatoms. The van der Waals surface area contributed by atoms with Crippen LogP contribution in [0.4, 0.5) is 10.5 Å². The van der Waals surface area contributed by atoms with Crippen LogP contribution in [0.15, 0.2) is 61.2 Å². The highest BCUT2D eigenvalue weighted by molar-refractivity contribution is 7.90. The normalized spacial score (nSPS) is 13.2. The maximum absolute atomic E-state index is 13.1. The molecule has 46 heavy (non-hydrogen) atoms. The standard InChI is InChI=1S/C27H37N3O4.C4H10.C3H8O2S.C2H6/c1-4-5-6-7-8-9-10-11-15-23(29-25(31)20-28-27(33)34-3)21(2)19-26(32)30-18-17-22-14-12-13-16-24(22)30;1-4(2)3;1-3-6(2,4)5;1-2/h4-6,8-9,12-14,16,21,23H,1,7,10-11,15,17-20H2,2-3H3,(H,28,33)(H,29,31);4H,1-3H3;3H2,1-2H3;1-2H3/b6-5-,9-8-;;;/t21?,23-;;;/m0.../s1. The van der Waals surface area contributed by atoms with Gasteiger partial charge in [0.2, 0.25) is 11.8 Å². The van der Waals surface area contributed by atoms with Gasteiger partial charge in [0.05, 0.1) is 7.11 Å². The quantitative estimate of drug-likeness (QED) is 0.125. The number of hydrogen-bond acceptors (Lipinski definition) is 6. The summed E-state index contributed by atoms with van der Waals surface area (Å²) in [5.74, 6) is 0.791. The van der Waals surface area contributed by atoms with Crippen molar-refractivity contribution in [3.05, 3.63) is 66.8 Å². The number of anilines is 1. The second-order valence-electron chi connectivity index (χ2n) is 11.4. The number of nitrogens with one attached hydrogen (secondary N) is 2. The molecule has 1 aliphatic rings. The lowest BCUT2D eigenvalue weighted by molar-refractivity contribution is -0.123. The Balaban J connectivity index is 0. The Bertz CT molecular complexity index is 1180. The highest BCUT2D eigenvalue weighted by atomic mass is 32.2. The van der Waals surface area contributed by atoms with Gasteiger partial charge in [0.25, 0.3) is 0 Å². The molecule has 9 nitrogen and oxygen atoms in total.